The molecule has 4 saturated heterocycles. The molecule has 12 atom stereocenters. The van der Waals surface area contributed by atoms with Gasteiger partial charge < -0.3 is 5.11 Å². The molecule has 12 aromatic carbocycles. The zero-order valence-electron chi connectivity index (χ0n) is 76.2. The smallest absolute Gasteiger partial charge is 0.159 e. The van der Waals surface area contributed by atoms with E-state index in [1.165, 1.54) is 68.8 Å². The van der Waals surface area contributed by atoms with Gasteiger partial charge in [0.25, 0.3) is 0 Å². The first-order valence-electron chi connectivity index (χ1n) is 45.3. The van der Waals surface area contributed by atoms with Crippen LogP contribution in [-0.2, 0) is 26.2 Å². The minimum Gasteiger partial charge on any atom is -0.508 e. The lowest BCUT2D eigenvalue weighted by molar-refractivity contribution is 0.0195. The third-order valence-corrected chi connectivity index (χ3v) is 26.7. The van der Waals surface area contributed by atoms with Crippen LogP contribution in [0.15, 0.2) is 320 Å². The van der Waals surface area contributed by atoms with Gasteiger partial charge in [0.05, 0.1) is 24.2 Å². The molecule has 128 heavy (non-hydrogen) atoms. The molecule has 4 fully saturated rings. The summed E-state index contributed by atoms with van der Waals surface area (Å²) in [6.07, 6.45) is 0. The van der Waals surface area contributed by atoms with Gasteiger partial charge in [0.1, 0.15) is 17.4 Å². The standard InChI is InChI=1S/C28H31BrN2O.C28H31FN2O2.C28H31FN2O.C28H32N2O/c1-20-18-31(21(2)17-30(20)19-23-9-15-27(29)16-10-23)28(25-7-5-4-6-8-25)26-13-11-24(12-14-26)22(3)32;1-19-17-31(20(2)16-30(19)18-22-7-13-26(29)14-8-22)28(25-5-4-6-27(33)15-25)24-11-9-23(10-12-24)21(3)32;1-20-18-31(21(2)17-30(20)19-23-9-15-27(29)16-10-23)28(25-7-5-4-6-8-25)26-13-11-24(12-14-26)22(3)32;1-21-19-30(22(2)18-29(21)20-24-10-6-4-7-11-24)28(26-12-8-5-9-13-26)27-16-14-25(15-17-27)23(3)31/h4-16,20-21,28H,17-19H2,1-3H3;4-15,19-20,28,33H,16-18H2,1-3H3;4-16,20-21,28H,17-19H2,1-3H3;4-17,21-22,28H,18-20H2,1-3H3/t20-,21+,28+;19-,20+,28-;20-,21+,28+;21-,22+,28+/m1111/s1. The molecule has 0 unspecified atom stereocenters. The van der Waals surface area contributed by atoms with Crippen molar-refractivity contribution < 1.29 is 33.1 Å². The lowest BCUT2D eigenvalue weighted by Crippen LogP contribution is -2.56. The maximum atomic E-state index is 13.3. The molecular weight excluding hydrogens is 1660 g/mol. The molecule has 1 N–H and O–H groups in total. The molecule has 13 nitrogen and oxygen atoms in total. The Bertz CT molecular complexity index is 5360. The molecule has 16 heteroatoms. The molecule has 4 aliphatic heterocycles. The van der Waals surface area contributed by atoms with E-state index in [1.807, 2.05) is 109 Å². The van der Waals surface area contributed by atoms with Crippen LogP contribution in [-0.4, -0.2) is 168 Å². The zero-order valence-corrected chi connectivity index (χ0v) is 77.8. The molecule has 0 aromatic heterocycles. The van der Waals surface area contributed by atoms with Gasteiger partial charge in [-0.15, -0.1) is 0 Å². The van der Waals surface area contributed by atoms with Crippen molar-refractivity contribution in [1.82, 2.24) is 39.2 Å². The van der Waals surface area contributed by atoms with Crippen LogP contribution in [0.2, 0.25) is 0 Å². The lowest BCUT2D eigenvalue weighted by Gasteiger charge is -2.47. The number of benzene rings is 12. The van der Waals surface area contributed by atoms with Crippen LogP contribution in [0.5, 0.6) is 5.75 Å². The third-order valence-electron chi connectivity index (χ3n) is 26.2. The van der Waals surface area contributed by atoms with Gasteiger partial charge in [0.2, 0.25) is 0 Å². The van der Waals surface area contributed by atoms with Crippen LogP contribution in [0.4, 0.5) is 8.78 Å². The minimum absolute atomic E-state index is 0.0384. The second-order valence-electron chi connectivity index (χ2n) is 35.8. The molecule has 0 saturated carbocycles. The van der Waals surface area contributed by atoms with Crippen molar-refractivity contribution in [3.8, 4) is 5.75 Å². The van der Waals surface area contributed by atoms with Gasteiger partial charge in [-0.25, -0.2) is 8.78 Å². The normalized spacial score (nSPS) is 20.7. The van der Waals surface area contributed by atoms with Crippen LogP contribution in [0.25, 0.3) is 0 Å². The van der Waals surface area contributed by atoms with E-state index in [2.05, 4.69) is 286 Å². The Hall–Kier alpha value is -10.9. The molecule has 0 amide bonds. The van der Waals surface area contributed by atoms with Gasteiger partial charge in [0, 0.05) is 154 Å². The van der Waals surface area contributed by atoms with Gasteiger partial charge in [0.15, 0.2) is 23.1 Å². The van der Waals surface area contributed by atoms with E-state index in [4.69, 9.17) is 0 Å². The number of phenols is 1. The maximum absolute atomic E-state index is 13.3. The average molecular weight is 1780 g/mol. The molecular formula is C112H125BrF2N8O5. The van der Waals surface area contributed by atoms with E-state index in [0.29, 0.717) is 47.9 Å². The molecule has 0 bridgehead atoms. The Morgan fingerprint density at radius 2 is 0.492 bits per heavy atom. The molecule has 0 spiro atoms. The number of Topliss-reactive ketones (excluding diaryl/α,β-unsaturated/α-hetero) is 4. The van der Waals surface area contributed by atoms with Crippen molar-refractivity contribution in [2.45, 2.75) is 182 Å². The number of aromatic hydroxyl groups is 1. The molecule has 16 rings (SSSR count). The number of hydrogen-bond donors (Lipinski definition) is 1. The summed E-state index contributed by atoms with van der Waals surface area (Å²) in [7, 11) is 0. The number of rotatable bonds is 24. The van der Waals surface area contributed by atoms with E-state index in [0.717, 1.165) is 122 Å². The third kappa shape index (κ3) is 25.0. The average Bonchev–Trinajstić information content (AvgIpc) is 0.788. The Labute approximate surface area is 766 Å². The number of piperazine rings is 4. The molecule has 664 valence electrons. The van der Waals surface area contributed by atoms with Crippen molar-refractivity contribution in [2.24, 2.45) is 0 Å². The molecule has 4 aliphatic rings. The fourth-order valence-corrected chi connectivity index (χ4v) is 19.3. The number of halogens is 3. The molecule has 0 aliphatic carbocycles. The van der Waals surface area contributed by atoms with Crippen molar-refractivity contribution in [3.63, 3.8) is 0 Å². The fourth-order valence-electron chi connectivity index (χ4n) is 19.0. The Morgan fingerprint density at radius 3 is 0.742 bits per heavy atom. The van der Waals surface area contributed by atoms with Gasteiger partial charge >= 0.3 is 0 Å². The number of carbonyl (C=O) groups excluding carboxylic acids is 4. The second-order valence-corrected chi connectivity index (χ2v) is 36.7. The number of nitrogens with zero attached hydrogens (tertiary/aromatic N) is 8. The highest BCUT2D eigenvalue weighted by Crippen LogP contribution is 2.40. The number of hydrogen-bond acceptors (Lipinski definition) is 13. The van der Waals surface area contributed by atoms with Crippen LogP contribution < -0.4 is 0 Å². The SMILES string of the molecule is CC(=O)c1ccc([C@H](c2cccc(O)c2)N2C[C@@H](C)N(Cc3ccc(F)cc3)C[C@@H]2C)cc1.CC(=O)c1ccc([C@H](c2ccccc2)N2C[C@@H](C)N(Cc3ccc(Br)cc3)C[C@@H]2C)cc1.CC(=O)c1ccc([C@H](c2ccccc2)N2C[C@@H](C)N(Cc3ccc(F)cc3)C[C@@H]2C)cc1.CC(=O)c1ccc([C@H](c2ccccc2)N2C[C@@H](C)N(Cc3ccccc3)C[C@@H]2C)cc1. The van der Waals surface area contributed by atoms with Crippen molar-refractivity contribution in [1.29, 1.82) is 0 Å². The van der Waals surface area contributed by atoms with E-state index in [-0.39, 0.29) is 70.7 Å². The van der Waals surface area contributed by atoms with E-state index in [9.17, 15) is 33.1 Å². The van der Waals surface area contributed by atoms with E-state index in [1.54, 1.807) is 33.8 Å². The summed E-state index contributed by atoms with van der Waals surface area (Å²) in [5.41, 5.74) is 17.6. The second kappa shape index (κ2) is 44.9. The summed E-state index contributed by atoms with van der Waals surface area (Å²) in [5, 5.41) is 10.2. The maximum Gasteiger partial charge on any atom is 0.159 e. The monoisotopic (exact) mass is 1780 g/mol. The van der Waals surface area contributed by atoms with Gasteiger partial charge in [-0.05, 0) is 198 Å². The summed E-state index contributed by atoms with van der Waals surface area (Å²) in [6, 6.07) is 108. The van der Waals surface area contributed by atoms with E-state index < -0.39 is 0 Å². The molecule has 0 radical (unpaired) electrons. The summed E-state index contributed by atoms with van der Waals surface area (Å²) >= 11 is 3.53. The predicted octanol–water partition coefficient (Wildman–Crippen LogP) is 23.0. The summed E-state index contributed by atoms with van der Waals surface area (Å²) in [4.78, 5) is 67.5. The summed E-state index contributed by atoms with van der Waals surface area (Å²) in [5.74, 6) is 0.191. The van der Waals surface area contributed by atoms with E-state index >= 15 is 0 Å². The summed E-state index contributed by atoms with van der Waals surface area (Å²) in [6.45, 7) is 36.0. The quantitative estimate of drug-likeness (QED) is 0.0580. The topological polar surface area (TPSA) is 114 Å². The molecule has 4 heterocycles. The van der Waals surface area contributed by atoms with Crippen molar-refractivity contribution >= 4 is 39.1 Å². The Balaban J connectivity index is 0.000000146. The first-order valence-corrected chi connectivity index (χ1v) is 46.1. The van der Waals surface area contributed by atoms with Gasteiger partial charge in [-0.3, -0.25) is 58.4 Å². The summed E-state index contributed by atoms with van der Waals surface area (Å²) < 4.78 is 27.7. The highest BCUT2D eigenvalue weighted by Gasteiger charge is 2.40. The first-order chi connectivity index (χ1) is 61.7. The fraction of sp³-hybridized carbons (Fsp3) is 0.321. The first kappa shape index (κ1) is 94.7. The molecule has 12 aromatic rings. The van der Waals surface area contributed by atoms with Crippen LogP contribution in [0.1, 0.15) is 215 Å². The lowest BCUT2D eigenvalue weighted by atomic mass is 9.92. The number of phenolic OH excluding ortho intramolecular Hbond substituents is 1. The largest absolute Gasteiger partial charge is 0.508 e. The Morgan fingerprint density at radius 1 is 0.273 bits per heavy atom. The van der Waals surface area contributed by atoms with Crippen LogP contribution >= 0.6 is 15.9 Å². The number of ketones is 4. The van der Waals surface area contributed by atoms with Crippen molar-refractivity contribution in [3.05, 3.63) is 421 Å². The minimum atomic E-state index is -0.213. The predicted molar refractivity (Wildman–Crippen MR) is 518 cm³/mol. The highest BCUT2D eigenvalue weighted by molar-refractivity contribution is 9.10. The van der Waals surface area contributed by atoms with Crippen LogP contribution in [0.3, 0.4) is 0 Å². The van der Waals surface area contributed by atoms with Gasteiger partial charge in [-0.2, -0.15) is 0 Å². The number of carbonyl (C=O) groups is 4. The Kier molecular flexibility index (Phi) is 33.2. The van der Waals surface area contributed by atoms with Crippen molar-refractivity contribution in [2.75, 3.05) is 52.4 Å². The zero-order chi connectivity index (χ0) is 90.7. The van der Waals surface area contributed by atoms with Gasteiger partial charge in [-0.1, -0.05) is 283 Å². The van der Waals surface area contributed by atoms with Crippen LogP contribution in [0, 0.1) is 11.6 Å². The highest BCUT2D eigenvalue weighted by atomic mass is 79.9.